The van der Waals surface area contributed by atoms with E-state index < -0.39 is 26.8 Å². The highest BCUT2D eigenvalue weighted by Gasteiger charge is 2.36. The minimum absolute atomic E-state index is 0.304. The van der Waals surface area contributed by atoms with Gasteiger partial charge in [0, 0.05) is 30.4 Å². The molecule has 1 atom stereocenters. The van der Waals surface area contributed by atoms with Gasteiger partial charge in [-0.2, -0.15) is 0 Å². The van der Waals surface area contributed by atoms with Crippen LogP contribution in [0.1, 0.15) is 11.1 Å². The number of primary sulfonamides is 1. The summed E-state index contributed by atoms with van der Waals surface area (Å²) in [6, 6.07) is 13.6. The van der Waals surface area contributed by atoms with Crippen molar-refractivity contribution in [2.24, 2.45) is 5.14 Å². The van der Waals surface area contributed by atoms with Crippen molar-refractivity contribution in [3.63, 3.8) is 0 Å². The Bertz CT molecular complexity index is 1310. The molecule has 0 saturated heterocycles. The molecule has 3 aromatic rings. The van der Waals surface area contributed by atoms with Gasteiger partial charge in [-0.25, -0.2) is 17.9 Å². The number of aromatic nitrogens is 1. The quantitative estimate of drug-likeness (QED) is 0.675. The van der Waals surface area contributed by atoms with E-state index in [4.69, 9.17) is 9.88 Å². The van der Waals surface area contributed by atoms with Crippen molar-refractivity contribution in [1.82, 2.24) is 4.98 Å². The number of anilines is 1. The van der Waals surface area contributed by atoms with Crippen molar-refractivity contribution in [3.8, 4) is 17.0 Å². The van der Waals surface area contributed by atoms with Crippen LogP contribution in [-0.2, 0) is 27.7 Å². The van der Waals surface area contributed by atoms with Gasteiger partial charge in [0.15, 0.2) is 6.10 Å². The lowest BCUT2D eigenvalue weighted by molar-refractivity contribution is -0.124. The fourth-order valence-corrected chi connectivity index (χ4v) is 4.67. The van der Waals surface area contributed by atoms with E-state index in [0.29, 0.717) is 36.4 Å². The van der Waals surface area contributed by atoms with Gasteiger partial charge in [0.2, 0.25) is 10.0 Å². The second-order valence-electron chi connectivity index (χ2n) is 7.54. The Kier molecular flexibility index (Phi) is 4.53. The summed E-state index contributed by atoms with van der Waals surface area (Å²) in [5, 5.41) is 5.11. The summed E-state index contributed by atoms with van der Waals surface area (Å²) in [4.78, 5) is 18.3. The van der Waals surface area contributed by atoms with E-state index in [1.54, 1.807) is 6.20 Å². The molecule has 2 aliphatic heterocycles. The molecule has 0 aliphatic carbocycles. The van der Waals surface area contributed by atoms with Crippen molar-refractivity contribution in [2.75, 3.05) is 11.4 Å². The van der Waals surface area contributed by atoms with Gasteiger partial charge in [0.05, 0.1) is 5.69 Å². The highest BCUT2D eigenvalue weighted by molar-refractivity contribution is 7.89. The fourth-order valence-electron chi connectivity index (χ4n) is 4.07. The Morgan fingerprint density at radius 1 is 1.16 bits per heavy atom. The number of amides is 1. The first-order valence-corrected chi connectivity index (χ1v) is 11.2. The number of nitrogens with zero attached hydrogens (tertiary/aromatic N) is 2. The van der Waals surface area contributed by atoms with E-state index in [2.05, 4.69) is 4.98 Å². The van der Waals surface area contributed by atoms with Gasteiger partial charge >= 0.3 is 0 Å². The van der Waals surface area contributed by atoms with Gasteiger partial charge in [0.1, 0.15) is 16.5 Å². The highest BCUT2D eigenvalue weighted by Crippen LogP contribution is 2.36. The van der Waals surface area contributed by atoms with Crippen molar-refractivity contribution in [3.05, 3.63) is 71.7 Å². The number of pyridine rings is 1. The lowest BCUT2D eigenvalue weighted by atomic mass is 10.0. The maximum atomic E-state index is 14.1. The molecule has 2 aromatic carbocycles. The smallest absolute Gasteiger partial charge is 0.268 e. The van der Waals surface area contributed by atoms with Crippen LogP contribution < -0.4 is 14.8 Å². The molecule has 0 radical (unpaired) electrons. The summed E-state index contributed by atoms with van der Waals surface area (Å²) >= 11 is 0. The Balaban J connectivity index is 1.41. The van der Waals surface area contributed by atoms with Crippen LogP contribution >= 0.6 is 0 Å². The second-order valence-corrected chi connectivity index (χ2v) is 9.07. The molecule has 0 spiro atoms. The van der Waals surface area contributed by atoms with E-state index in [0.717, 1.165) is 29.0 Å². The predicted molar refractivity (Wildman–Crippen MR) is 112 cm³/mol. The number of ether oxygens (including phenoxy) is 1. The standard InChI is InChI=1S/C22H18FN3O4S/c23-16-9-14-6-8-26(18(14)12-21(16)31(24,28)29)22(27)20-11-15-5-4-13(10-19(15)30-20)17-3-1-2-7-25-17/h1-5,7,9-10,12,20H,6,8,11H2,(H2,24,28,29). The van der Waals surface area contributed by atoms with Crippen molar-refractivity contribution < 1.29 is 22.3 Å². The SMILES string of the molecule is NS(=O)(=O)c1cc2c(cc1F)CCN2C(=O)C1Cc2ccc(-c3ccccn3)cc2O1. The fraction of sp³-hybridized carbons (Fsp3) is 0.182. The predicted octanol–water partition coefficient (Wildman–Crippen LogP) is 2.43. The van der Waals surface area contributed by atoms with Crippen LogP contribution in [-0.4, -0.2) is 32.0 Å². The molecular weight excluding hydrogens is 421 g/mol. The molecular formula is C22H18FN3O4S. The second kappa shape index (κ2) is 7.14. The van der Waals surface area contributed by atoms with Crippen LogP contribution in [0.15, 0.2) is 59.6 Å². The van der Waals surface area contributed by atoms with E-state index in [-0.39, 0.29) is 5.91 Å². The van der Waals surface area contributed by atoms with Crippen molar-refractivity contribution >= 4 is 21.6 Å². The number of benzene rings is 2. The molecule has 7 nitrogen and oxygen atoms in total. The third-order valence-corrected chi connectivity index (χ3v) is 6.50. The van der Waals surface area contributed by atoms with E-state index in [9.17, 15) is 17.6 Å². The molecule has 158 valence electrons. The summed E-state index contributed by atoms with van der Waals surface area (Å²) < 4.78 is 43.5. The Morgan fingerprint density at radius 2 is 2.00 bits per heavy atom. The lowest BCUT2D eigenvalue weighted by Crippen LogP contribution is -2.40. The summed E-state index contributed by atoms with van der Waals surface area (Å²) in [5.41, 5.74) is 3.50. The topological polar surface area (TPSA) is 103 Å². The van der Waals surface area contributed by atoms with Gasteiger partial charge in [-0.05, 0) is 47.9 Å². The molecule has 0 fully saturated rings. The van der Waals surface area contributed by atoms with Crippen molar-refractivity contribution in [1.29, 1.82) is 0 Å². The largest absolute Gasteiger partial charge is 0.480 e. The van der Waals surface area contributed by atoms with Crippen LogP contribution in [0.4, 0.5) is 10.1 Å². The molecule has 2 N–H and O–H groups in total. The van der Waals surface area contributed by atoms with Gasteiger partial charge in [-0.3, -0.25) is 9.78 Å². The first-order valence-electron chi connectivity index (χ1n) is 9.69. The zero-order chi connectivity index (χ0) is 21.8. The summed E-state index contributed by atoms with van der Waals surface area (Å²) in [6.07, 6.45) is 1.78. The molecule has 0 saturated carbocycles. The highest BCUT2D eigenvalue weighted by atomic mass is 32.2. The number of carbonyl (C=O) groups is 1. The molecule has 1 unspecified atom stereocenters. The molecule has 9 heteroatoms. The molecule has 2 aliphatic rings. The normalized spacial score (nSPS) is 17.2. The van der Waals surface area contributed by atoms with Crippen molar-refractivity contribution in [2.45, 2.75) is 23.8 Å². The van der Waals surface area contributed by atoms with Gasteiger partial charge in [-0.15, -0.1) is 0 Å². The lowest BCUT2D eigenvalue weighted by Gasteiger charge is -2.21. The van der Waals surface area contributed by atoms with Crippen LogP contribution in [0.5, 0.6) is 5.75 Å². The molecule has 1 aromatic heterocycles. The summed E-state index contributed by atoms with van der Waals surface area (Å²) in [6.45, 7) is 0.317. The number of hydrogen-bond donors (Lipinski definition) is 1. The first-order chi connectivity index (χ1) is 14.8. The van der Waals surface area contributed by atoms with E-state index in [1.165, 1.54) is 4.90 Å². The van der Waals surface area contributed by atoms with E-state index >= 15 is 0 Å². The Morgan fingerprint density at radius 3 is 2.74 bits per heavy atom. The Hall–Kier alpha value is -3.30. The molecule has 3 heterocycles. The van der Waals surface area contributed by atoms with Crippen LogP contribution in [0.25, 0.3) is 11.3 Å². The zero-order valence-corrected chi connectivity index (χ0v) is 17.1. The molecule has 31 heavy (non-hydrogen) atoms. The summed E-state index contributed by atoms with van der Waals surface area (Å²) in [5.74, 6) is -0.603. The van der Waals surface area contributed by atoms with Crippen LogP contribution in [0, 0.1) is 5.82 Å². The van der Waals surface area contributed by atoms with Crippen LogP contribution in [0.3, 0.4) is 0 Å². The molecule has 1 amide bonds. The summed E-state index contributed by atoms with van der Waals surface area (Å²) in [7, 11) is -4.25. The van der Waals surface area contributed by atoms with Gasteiger partial charge in [0.25, 0.3) is 5.91 Å². The molecule has 0 bridgehead atoms. The molecule has 5 rings (SSSR count). The maximum absolute atomic E-state index is 14.1. The third kappa shape index (κ3) is 3.45. The third-order valence-electron chi connectivity index (χ3n) is 5.58. The number of fused-ring (bicyclic) bond motifs is 2. The number of rotatable bonds is 3. The van der Waals surface area contributed by atoms with Gasteiger partial charge < -0.3 is 9.64 Å². The minimum atomic E-state index is -4.25. The number of halogens is 1. The number of sulfonamides is 1. The first kappa shape index (κ1) is 19.7. The van der Waals surface area contributed by atoms with Crippen LogP contribution in [0.2, 0.25) is 0 Å². The average molecular weight is 439 g/mol. The monoisotopic (exact) mass is 439 g/mol. The maximum Gasteiger partial charge on any atom is 0.268 e. The number of nitrogens with two attached hydrogens (primary N) is 1. The minimum Gasteiger partial charge on any atom is -0.480 e. The number of hydrogen-bond acceptors (Lipinski definition) is 5. The zero-order valence-electron chi connectivity index (χ0n) is 16.3. The average Bonchev–Trinajstić information content (AvgIpc) is 3.35. The Labute approximate surface area is 178 Å². The number of carbonyl (C=O) groups excluding carboxylic acids is 1. The van der Waals surface area contributed by atoms with E-state index in [1.807, 2.05) is 36.4 Å². The van der Waals surface area contributed by atoms with Gasteiger partial charge in [-0.1, -0.05) is 18.2 Å².